The highest BCUT2D eigenvalue weighted by molar-refractivity contribution is 5.73. The second-order valence-electron chi connectivity index (χ2n) is 7.67. The summed E-state index contributed by atoms with van der Waals surface area (Å²) < 4.78 is 5.77. The quantitative estimate of drug-likeness (QED) is 0.832. The lowest BCUT2D eigenvalue weighted by molar-refractivity contribution is -0.0290. The molecule has 2 aliphatic rings. The van der Waals surface area contributed by atoms with Crippen molar-refractivity contribution >= 4 is 6.03 Å². The molecule has 0 spiro atoms. The maximum absolute atomic E-state index is 12.1. The summed E-state index contributed by atoms with van der Waals surface area (Å²) in [5.74, 6) is 0.655. The number of nitrogens with one attached hydrogen (secondary N) is 2. The van der Waals surface area contributed by atoms with E-state index in [1.165, 1.54) is 36.0 Å². The molecule has 2 amide bonds. The second kappa shape index (κ2) is 8.68. The summed E-state index contributed by atoms with van der Waals surface area (Å²) in [6.07, 6.45) is 3.69. The van der Waals surface area contributed by atoms with Gasteiger partial charge in [0.1, 0.15) is 0 Å². The Bertz CT molecular complexity index is 588. The summed E-state index contributed by atoms with van der Waals surface area (Å²) in [7, 11) is 0. The van der Waals surface area contributed by atoms with E-state index in [9.17, 15) is 4.79 Å². The number of carbonyl (C=O) groups is 1. The van der Waals surface area contributed by atoms with Crippen molar-refractivity contribution in [3.63, 3.8) is 0 Å². The van der Waals surface area contributed by atoms with Crippen LogP contribution < -0.4 is 10.6 Å². The first-order chi connectivity index (χ1) is 12.1. The number of amides is 2. The molecule has 0 saturated carbocycles. The van der Waals surface area contributed by atoms with Gasteiger partial charge in [0.2, 0.25) is 0 Å². The summed E-state index contributed by atoms with van der Waals surface area (Å²) in [4.78, 5) is 14.5. The fraction of sp³-hybridized carbons (Fsp3) is 0.650. The molecule has 1 aliphatic heterocycles. The van der Waals surface area contributed by atoms with E-state index < -0.39 is 0 Å². The van der Waals surface area contributed by atoms with Crippen molar-refractivity contribution in [2.75, 3.05) is 32.8 Å². The Kier molecular flexibility index (Phi) is 6.32. The van der Waals surface area contributed by atoms with Crippen molar-refractivity contribution in [1.29, 1.82) is 0 Å². The third-order valence-corrected chi connectivity index (χ3v) is 4.95. The van der Waals surface area contributed by atoms with Gasteiger partial charge in [-0.1, -0.05) is 32.0 Å². The number of aryl methyl sites for hydroxylation is 2. The number of morpholine rings is 1. The number of benzene rings is 1. The van der Waals surface area contributed by atoms with E-state index in [1.54, 1.807) is 0 Å². The van der Waals surface area contributed by atoms with Crippen LogP contribution >= 0.6 is 0 Å². The largest absolute Gasteiger partial charge is 0.374 e. The Morgan fingerprint density at radius 3 is 2.96 bits per heavy atom. The Morgan fingerprint density at radius 1 is 1.28 bits per heavy atom. The van der Waals surface area contributed by atoms with Gasteiger partial charge >= 0.3 is 6.03 Å². The molecule has 1 heterocycles. The van der Waals surface area contributed by atoms with Crippen LogP contribution in [-0.4, -0.2) is 49.8 Å². The molecule has 1 saturated heterocycles. The fourth-order valence-electron chi connectivity index (χ4n) is 3.77. The van der Waals surface area contributed by atoms with Gasteiger partial charge in [0.25, 0.3) is 0 Å². The van der Waals surface area contributed by atoms with Gasteiger partial charge in [-0.3, -0.25) is 4.90 Å². The standard InChI is InChI=1S/C20H31N3O2/c1-15(2)13-23-8-9-25-19(14-23)12-22-20(24)21-11-16-6-7-17-4-3-5-18(17)10-16/h6-7,10,15,19H,3-5,8-9,11-14H2,1-2H3,(H2,21,22,24). The number of nitrogens with zero attached hydrogens (tertiary/aromatic N) is 1. The number of carbonyl (C=O) groups excluding carboxylic acids is 1. The van der Waals surface area contributed by atoms with Gasteiger partial charge in [0.15, 0.2) is 0 Å². The van der Waals surface area contributed by atoms with Crippen LogP contribution in [0.3, 0.4) is 0 Å². The number of ether oxygens (including phenoxy) is 1. The molecule has 0 bridgehead atoms. The molecule has 5 nitrogen and oxygen atoms in total. The maximum atomic E-state index is 12.1. The zero-order valence-electron chi connectivity index (χ0n) is 15.5. The molecule has 1 unspecified atom stereocenters. The third-order valence-electron chi connectivity index (χ3n) is 4.95. The topological polar surface area (TPSA) is 53.6 Å². The van der Waals surface area contributed by atoms with Gasteiger partial charge in [-0.15, -0.1) is 0 Å². The van der Waals surface area contributed by atoms with Crippen molar-refractivity contribution in [2.45, 2.75) is 45.8 Å². The smallest absolute Gasteiger partial charge is 0.315 e. The van der Waals surface area contributed by atoms with Gasteiger partial charge in [-0.2, -0.15) is 0 Å². The summed E-state index contributed by atoms with van der Waals surface area (Å²) in [6.45, 7) is 9.31. The van der Waals surface area contributed by atoms with Crippen LogP contribution in [0.15, 0.2) is 18.2 Å². The molecule has 25 heavy (non-hydrogen) atoms. The number of fused-ring (bicyclic) bond motifs is 1. The van der Waals surface area contributed by atoms with Gasteiger partial charge in [0, 0.05) is 32.7 Å². The molecule has 0 radical (unpaired) electrons. The van der Waals surface area contributed by atoms with Crippen molar-refractivity contribution in [1.82, 2.24) is 15.5 Å². The van der Waals surface area contributed by atoms with E-state index in [1.807, 2.05) is 0 Å². The van der Waals surface area contributed by atoms with E-state index >= 15 is 0 Å². The van der Waals surface area contributed by atoms with E-state index in [-0.39, 0.29) is 12.1 Å². The van der Waals surface area contributed by atoms with Crippen LogP contribution in [0.4, 0.5) is 4.79 Å². The van der Waals surface area contributed by atoms with Crippen LogP contribution in [0.5, 0.6) is 0 Å². The predicted octanol–water partition coefficient (Wildman–Crippen LogP) is 2.33. The van der Waals surface area contributed by atoms with E-state index in [4.69, 9.17) is 4.74 Å². The molecule has 1 aliphatic carbocycles. The highest BCUT2D eigenvalue weighted by Gasteiger charge is 2.21. The molecule has 138 valence electrons. The van der Waals surface area contributed by atoms with Gasteiger partial charge in [-0.05, 0) is 41.9 Å². The lowest BCUT2D eigenvalue weighted by Gasteiger charge is -2.33. The summed E-state index contributed by atoms with van der Waals surface area (Å²) in [5, 5.41) is 5.90. The number of urea groups is 1. The van der Waals surface area contributed by atoms with Crippen LogP contribution in [0, 0.1) is 5.92 Å². The monoisotopic (exact) mass is 345 g/mol. The van der Waals surface area contributed by atoms with Gasteiger partial charge in [0.05, 0.1) is 12.7 Å². The minimum absolute atomic E-state index is 0.0817. The minimum Gasteiger partial charge on any atom is -0.374 e. The Morgan fingerprint density at radius 2 is 2.12 bits per heavy atom. The van der Waals surface area contributed by atoms with Crippen molar-refractivity contribution < 1.29 is 9.53 Å². The average molecular weight is 345 g/mol. The van der Waals surface area contributed by atoms with Crippen LogP contribution in [0.1, 0.15) is 37.0 Å². The highest BCUT2D eigenvalue weighted by Crippen LogP contribution is 2.22. The first kappa shape index (κ1) is 18.2. The Labute approximate surface area is 151 Å². The average Bonchev–Trinajstić information content (AvgIpc) is 3.05. The maximum Gasteiger partial charge on any atom is 0.315 e. The fourth-order valence-corrected chi connectivity index (χ4v) is 3.77. The lowest BCUT2D eigenvalue weighted by Crippen LogP contribution is -2.49. The second-order valence-corrected chi connectivity index (χ2v) is 7.67. The van der Waals surface area contributed by atoms with Crippen LogP contribution in [-0.2, 0) is 24.1 Å². The molecule has 1 atom stereocenters. The molecule has 1 aromatic rings. The highest BCUT2D eigenvalue weighted by atomic mass is 16.5. The third kappa shape index (κ3) is 5.44. The molecule has 0 aromatic heterocycles. The number of rotatable bonds is 6. The lowest BCUT2D eigenvalue weighted by atomic mass is 10.1. The first-order valence-corrected chi connectivity index (χ1v) is 9.56. The Balaban J connectivity index is 1.38. The van der Waals surface area contributed by atoms with Crippen molar-refractivity contribution in [3.8, 4) is 0 Å². The Hall–Kier alpha value is -1.59. The number of hydrogen-bond donors (Lipinski definition) is 2. The first-order valence-electron chi connectivity index (χ1n) is 9.56. The summed E-state index contributed by atoms with van der Waals surface area (Å²) in [6, 6.07) is 6.44. The SMILES string of the molecule is CC(C)CN1CCOC(CNC(=O)NCc2ccc3c(c2)CCC3)C1. The molecular weight excluding hydrogens is 314 g/mol. The summed E-state index contributed by atoms with van der Waals surface area (Å²) >= 11 is 0. The zero-order valence-corrected chi connectivity index (χ0v) is 15.5. The molecular formula is C20H31N3O2. The van der Waals surface area contributed by atoms with Gasteiger partial charge < -0.3 is 15.4 Å². The van der Waals surface area contributed by atoms with E-state index in [0.717, 1.165) is 26.2 Å². The van der Waals surface area contributed by atoms with Crippen molar-refractivity contribution in [3.05, 3.63) is 34.9 Å². The minimum atomic E-state index is -0.120. The molecule has 3 rings (SSSR count). The van der Waals surface area contributed by atoms with E-state index in [2.05, 4.69) is 47.6 Å². The molecule has 5 heteroatoms. The van der Waals surface area contributed by atoms with E-state index in [0.29, 0.717) is 19.0 Å². The van der Waals surface area contributed by atoms with Crippen molar-refractivity contribution in [2.24, 2.45) is 5.92 Å². The molecule has 1 aromatic carbocycles. The van der Waals surface area contributed by atoms with Gasteiger partial charge in [-0.25, -0.2) is 4.79 Å². The summed E-state index contributed by atoms with van der Waals surface area (Å²) in [5.41, 5.74) is 4.09. The van der Waals surface area contributed by atoms with Crippen LogP contribution in [0.2, 0.25) is 0 Å². The molecule has 2 N–H and O–H groups in total. The predicted molar refractivity (Wildman–Crippen MR) is 99.7 cm³/mol. The zero-order chi connectivity index (χ0) is 17.6. The molecule has 1 fully saturated rings. The normalized spacial score (nSPS) is 20.5. The number of hydrogen-bond acceptors (Lipinski definition) is 3. The van der Waals surface area contributed by atoms with Crippen LogP contribution in [0.25, 0.3) is 0 Å².